The van der Waals surface area contributed by atoms with Crippen LogP contribution in [0, 0.1) is 12.8 Å². The summed E-state index contributed by atoms with van der Waals surface area (Å²) in [5.41, 5.74) is 1.07. The van der Waals surface area contributed by atoms with Crippen molar-refractivity contribution in [3.8, 4) is 0 Å². The van der Waals surface area contributed by atoms with Gasteiger partial charge < -0.3 is 10.2 Å². The molecule has 2 rings (SSSR count). The first-order chi connectivity index (χ1) is 10.1. The van der Waals surface area contributed by atoms with Crippen LogP contribution in [0.15, 0.2) is 18.3 Å². The topological polar surface area (TPSA) is 62.3 Å². The smallest absolute Gasteiger partial charge is 0.228 e. The van der Waals surface area contributed by atoms with Crippen LogP contribution < -0.4 is 5.32 Å². The average Bonchev–Trinajstić information content (AvgIpc) is 2.50. The highest BCUT2D eigenvalue weighted by atomic mass is 16.2. The number of anilines is 1. The summed E-state index contributed by atoms with van der Waals surface area (Å²) in [5, 5.41) is 2.85. The molecule has 1 aliphatic rings. The molecule has 1 aromatic heterocycles. The Balaban J connectivity index is 1.83. The van der Waals surface area contributed by atoms with Crippen molar-refractivity contribution in [2.75, 3.05) is 18.4 Å². The van der Waals surface area contributed by atoms with Crippen molar-refractivity contribution in [3.05, 3.63) is 23.9 Å². The number of hydrogen-bond donors (Lipinski definition) is 1. The lowest BCUT2D eigenvalue weighted by Crippen LogP contribution is -2.41. The van der Waals surface area contributed by atoms with Gasteiger partial charge in [0.2, 0.25) is 11.8 Å². The molecule has 0 bridgehead atoms. The van der Waals surface area contributed by atoms with Crippen molar-refractivity contribution < 1.29 is 9.59 Å². The van der Waals surface area contributed by atoms with Crippen LogP contribution in [0.2, 0.25) is 0 Å². The van der Waals surface area contributed by atoms with Crippen LogP contribution in [0.3, 0.4) is 0 Å². The number of nitrogens with zero attached hydrogens (tertiary/aromatic N) is 2. The molecule has 21 heavy (non-hydrogen) atoms. The molecular formula is C16H23N3O2. The summed E-state index contributed by atoms with van der Waals surface area (Å²) in [7, 11) is 0. The van der Waals surface area contributed by atoms with Crippen molar-refractivity contribution >= 4 is 17.6 Å². The second-order valence-corrected chi connectivity index (χ2v) is 5.62. The first-order valence-electron chi connectivity index (χ1n) is 7.61. The summed E-state index contributed by atoms with van der Waals surface area (Å²) in [6.45, 7) is 5.32. The van der Waals surface area contributed by atoms with Gasteiger partial charge in [-0.1, -0.05) is 13.0 Å². The van der Waals surface area contributed by atoms with Gasteiger partial charge in [-0.25, -0.2) is 4.98 Å². The minimum Gasteiger partial charge on any atom is -0.343 e. The van der Waals surface area contributed by atoms with Gasteiger partial charge in [0.05, 0.1) is 0 Å². The molecule has 1 N–H and O–H groups in total. The minimum absolute atomic E-state index is 0.00828. The van der Waals surface area contributed by atoms with E-state index in [9.17, 15) is 9.59 Å². The van der Waals surface area contributed by atoms with E-state index in [2.05, 4.69) is 10.3 Å². The number of aromatic nitrogens is 1. The molecule has 5 nitrogen and oxygen atoms in total. The summed E-state index contributed by atoms with van der Waals surface area (Å²) >= 11 is 0. The van der Waals surface area contributed by atoms with Crippen LogP contribution in [-0.4, -0.2) is 34.8 Å². The summed E-state index contributed by atoms with van der Waals surface area (Å²) in [5.74, 6) is 0.777. The maximum atomic E-state index is 12.2. The molecule has 5 heteroatoms. The highest BCUT2D eigenvalue weighted by Crippen LogP contribution is 2.19. The second kappa shape index (κ2) is 7.20. The van der Waals surface area contributed by atoms with Crippen LogP contribution in [0.25, 0.3) is 0 Å². The molecule has 1 saturated heterocycles. The Labute approximate surface area is 125 Å². The third-order valence-electron chi connectivity index (χ3n) is 3.84. The van der Waals surface area contributed by atoms with Gasteiger partial charge >= 0.3 is 0 Å². The zero-order valence-corrected chi connectivity index (χ0v) is 12.8. The molecule has 0 radical (unpaired) electrons. The summed E-state index contributed by atoms with van der Waals surface area (Å²) in [6, 6.07) is 3.74. The van der Waals surface area contributed by atoms with E-state index in [1.165, 1.54) is 0 Å². The van der Waals surface area contributed by atoms with Crippen LogP contribution in [0.4, 0.5) is 5.82 Å². The van der Waals surface area contributed by atoms with Gasteiger partial charge in [-0.2, -0.15) is 0 Å². The number of piperidine rings is 1. The number of aryl methyl sites for hydroxylation is 1. The van der Waals surface area contributed by atoms with Gasteiger partial charge in [-0.05, 0) is 37.8 Å². The van der Waals surface area contributed by atoms with Crippen molar-refractivity contribution in [1.29, 1.82) is 0 Å². The lowest BCUT2D eigenvalue weighted by molar-refractivity contribution is -0.134. The Morgan fingerprint density at radius 3 is 2.62 bits per heavy atom. The van der Waals surface area contributed by atoms with E-state index in [1.54, 1.807) is 6.20 Å². The predicted molar refractivity (Wildman–Crippen MR) is 81.8 cm³/mol. The number of carbonyl (C=O) groups excluding carboxylic acids is 2. The van der Waals surface area contributed by atoms with Crippen LogP contribution in [-0.2, 0) is 9.59 Å². The maximum Gasteiger partial charge on any atom is 0.228 e. The zero-order chi connectivity index (χ0) is 15.2. The molecule has 1 aromatic rings. The Morgan fingerprint density at radius 2 is 2.05 bits per heavy atom. The molecule has 0 aromatic carbocycles. The van der Waals surface area contributed by atoms with E-state index in [4.69, 9.17) is 0 Å². The van der Waals surface area contributed by atoms with E-state index in [0.717, 1.165) is 24.8 Å². The van der Waals surface area contributed by atoms with Gasteiger partial charge in [0, 0.05) is 31.6 Å². The van der Waals surface area contributed by atoms with Crippen molar-refractivity contribution in [1.82, 2.24) is 9.88 Å². The molecule has 114 valence electrons. The molecule has 0 spiro atoms. The number of carbonyl (C=O) groups is 2. The third-order valence-corrected chi connectivity index (χ3v) is 3.84. The number of amides is 2. The van der Waals surface area contributed by atoms with Crippen LogP contribution >= 0.6 is 0 Å². The third kappa shape index (κ3) is 4.28. The fourth-order valence-electron chi connectivity index (χ4n) is 2.53. The fourth-order valence-corrected chi connectivity index (χ4v) is 2.53. The number of nitrogens with one attached hydrogen (secondary N) is 1. The first kappa shape index (κ1) is 15.5. The second-order valence-electron chi connectivity index (χ2n) is 5.62. The van der Waals surface area contributed by atoms with Gasteiger partial charge in [0.25, 0.3) is 0 Å². The van der Waals surface area contributed by atoms with E-state index in [0.29, 0.717) is 25.3 Å². The fraction of sp³-hybridized carbons (Fsp3) is 0.562. The molecule has 0 aliphatic carbocycles. The largest absolute Gasteiger partial charge is 0.343 e. The highest BCUT2D eigenvalue weighted by Gasteiger charge is 2.27. The summed E-state index contributed by atoms with van der Waals surface area (Å²) < 4.78 is 0. The van der Waals surface area contributed by atoms with Crippen molar-refractivity contribution in [3.63, 3.8) is 0 Å². The van der Waals surface area contributed by atoms with Crippen molar-refractivity contribution in [2.45, 2.75) is 39.5 Å². The van der Waals surface area contributed by atoms with Gasteiger partial charge in [-0.3, -0.25) is 9.59 Å². The van der Waals surface area contributed by atoms with E-state index >= 15 is 0 Å². The molecule has 0 saturated carbocycles. The maximum absolute atomic E-state index is 12.2. The predicted octanol–water partition coefficient (Wildman–Crippen LogP) is 2.37. The van der Waals surface area contributed by atoms with E-state index in [-0.39, 0.29) is 17.7 Å². The number of hydrogen-bond acceptors (Lipinski definition) is 3. The van der Waals surface area contributed by atoms with Gasteiger partial charge in [0.1, 0.15) is 5.82 Å². The lowest BCUT2D eigenvalue weighted by atomic mass is 9.95. The zero-order valence-electron chi connectivity index (χ0n) is 12.8. The Kier molecular flexibility index (Phi) is 5.31. The molecule has 0 atom stereocenters. The highest BCUT2D eigenvalue weighted by molar-refractivity contribution is 5.91. The average molecular weight is 289 g/mol. The van der Waals surface area contributed by atoms with E-state index < -0.39 is 0 Å². The first-order valence-corrected chi connectivity index (χ1v) is 7.61. The Bertz CT molecular complexity index is 491. The quantitative estimate of drug-likeness (QED) is 0.925. The standard InChI is InChI=1S/C16H23N3O2/c1-3-4-15(20)19-9-7-13(8-10-19)16(21)18-14-6-5-12(2)11-17-14/h5-6,11,13H,3-4,7-10H2,1-2H3,(H,17,18,21). The Morgan fingerprint density at radius 1 is 1.33 bits per heavy atom. The Hall–Kier alpha value is -1.91. The monoisotopic (exact) mass is 289 g/mol. The van der Waals surface area contributed by atoms with Crippen molar-refractivity contribution in [2.24, 2.45) is 5.92 Å². The number of likely N-dealkylation sites (tertiary alicyclic amines) is 1. The summed E-state index contributed by atoms with van der Waals surface area (Å²) in [6.07, 6.45) is 4.67. The number of rotatable bonds is 4. The minimum atomic E-state index is -0.0289. The molecule has 1 fully saturated rings. The molecule has 2 amide bonds. The van der Waals surface area contributed by atoms with E-state index in [1.807, 2.05) is 30.9 Å². The molecule has 1 aliphatic heterocycles. The van der Waals surface area contributed by atoms with Crippen LogP contribution in [0.5, 0.6) is 0 Å². The summed E-state index contributed by atoms with van der Waals surface area (Å²) in [4.78, 5) is 30.1. The normalized spacial score (nSPS) is 15.8. The SMILES string of the molecule is CCCC(=O)N1CCC(C(=O)Nc2ccc(C)cn2)CC1. The molecule has 0 unspecified atom stereocenters. The lowest BCUT2D eigenvalue weighted by Gasteiger charge is -2.31. The molecule has 2 heterocycles. The van der Waals surface area contributed by atoms with Gasteiger partial charge in [0.15, 0.2) is 0 Å². The number of pyridine rings is 1. The molecular weight excluding hydrogens is 266 g/mol. The van der Waals surface area contributed by atoms with Gasteiger partial charge in [-0.15, -0.1) is 0 Å². The van der Waals surface area contributed by atoms with Crippen LogP contribution in [0.1, 0.15) is 38.2 Å².